The van der Waals surface area contributed by atoms with Gasteiger partial charge < -0.3 is 20.7 Å². The summed E-state index contributed by atoms with van der Waals surface area (Å²) in [6, 6.07) is 8.26. The zero-order chi connectivity index (χ0) is 17.4. The largest absolute Gasteiger partial charge is 0.493 e. The van der Waals surface area contributed by atoms with E-state index in [1.54, 1.807) is 0 Å². The van der Waals surface area contributed by atoms with Gasteiger partial charge in [0, 0.05) is 31.0 Å². The van der Waals surface area contributed by atoms with Crippen molar-refractivity contribution in [2.45, 2.75) is 33.2 Å². The number of nitrogens with zero attached hydrogens (tertiary/aromatic N) is 1. The summed E-state index contributed by atoms with van der Waals surface area (Å²) in [4.78, 5) is 16.1. The van der Waals surface area contributed by atoms with Crippen LogP contribution in [0, 0.1) is 5.92 Å². The zero-order valence-corrected chi connectivity index (χ0v) is 14.8. The topological polar surface area (TPSA) is 74.8 Å². The number of carbonyl (C=O) groups is 1. The Morgan fingerprint density at radius 2 is 2.12 bits per heavy atom. The molecule has 0 saturated carbocycles. The van der Waals surface area contributed by atoms with Crippen molar-refractivity contribution in [1.29, 1.82) is 0 Å². The van der Waals surface area contributed by atoms with E-state index < -0.39 is 0 Å². The molecule has 1 heterocycles. The Bertz CT molecular complexity index is 572. The molecule has 0 spiro atoms. The number of para-hydroxylation sites is 1. The SMILES string of the molecule is CCNC(=NCCNC(=O)C(C)C)NC1CCOc2ccccc21. The van der Waals surface area contributed by atoms with Crippen LogP contribution >= 0.6 is 0 Å². The average molecular weight is 332 g/mol. The molecule has 0 saturated heterocycles. The maximum absolute atomic E-state index is 11.6. The Labute approximate surface area is 144 Å². The molecule has 0 aromatic heterocycles. The molecule has 0 bridgehead atoms. The number of aliphatic imine (C=N–C) groups is 1. The third kappa shape index (κ3) is 5.15. The third-order valence-corrected chi connectivity index (χ3v) is 3.82. The number of hydrogen-bond donors (Lipinski definition) is 3. The van der Waals surface area contributed by atoms with Gasteiger partial charge in [0.1, 0.15) is 5.75 Å². The van der Waals surface area contributed by atoms with Crippen molar-refractivity contribution in [2.24, 2.45) is 10.9 Å². The van der Waals surface area contributed by atoms with Crippen LogP contribution in [0.1, 0.15) is 38.8 Å². The van der Waals surface area contributed by atoms with Gasteiger partial charge in [-0.1, -0.05) is 32.0 Å². The molecule has 1 unspecified atom stereocenters. The number of nitrogens with one attached hydrogen (secondary N) is 3. The fraction of sp³-hybridized carbons (Fsp3) is 0.556. The highest BCUT2D eigenvalue weighted by atomic mass is 16.5. The second kappa shape index (κ2) is 9.15. The van der Waals surface area contributed by atoms with Gasteiger partial charge in [0.25, 0.3) is 0 Å². The molecule has 6 heteroatoms. The van der Waals surface area contributed by atoms with E-state index in [0.717, 1.165) is 30.2 Å². The van der Waals surface area contributed by atoms with Gasteiger partial charge in [-0.05, 0) is 13.0 Å². The van der Waals surface area contributed by atoms with E-state index in [0.29, 0.717) is 19.7 Å². The second-order valence-corrected chi connectivity index (χ2v) is 6.08. The van der Waals surface area contributed by atoms with Gasteiger partial charge >= 0.3 is 0 Å². The van der Waals surface area contributed by atoms with Crippen molar-refractivity contribution >= 4 is 11.9 Å². The average Bonchev–Trinajstić information content (AvgIpc) is 2.58. The Hall–Kier alpha value is -2.24. The molecule has 1 aromatic carbocycles. The lowest BCUT2D eigenvalue weighted by Crippen LogP contribution is -2.41. The van der Waals surface area contributed by atoms with Crippen molar-refractivity contribution in [3.8, 4) is 5.75 Å². The highest BCUT2D eigenvalue weighted by Gasteiger charge is 2.21. The van der Waals surface area contributed by atoms with Crippen molar-refractivity contribution in [2.75, 3.05) is 26.2 Å². The summed E-state index contributed by atoms with van der Waals surface area (Å²) in [5.41, 5.74) is 1.16. The molecule has 1 aliphatic heterocycles. The lowest BCUT2D eigenvalue weighted by Gasteiger charge is -2.28. The van der Waals surface area contributed by atoms with Gasteiger partial charge in [-0.3, -0.25) is 9.79 Å². The van der Waals surface area contributed by atoms with Gasteiger partial charge in [-0.25, -0.2) is 0 Å². The Morgan fingerprint density at radius 1 is 1.33 bits per heavy atom. The van der Waals surface area contributed by atoms with Crippen LogP contribution in [0.4, 0.5) is 0 Å². The monoisotopic (exact) mass is 332 g/mol. The smallest absolute Gasteiger partial charge is 0.222 e. The van der Waals surface area contributed by atoms with Crippen LogP contribution < -0.4 is 20.7 Å². The van der Waals surface area contributed by atoms with Crippen molar-refractivity contribution < 1.29 is 9.53 Å². The predicted octanol–water partition coefficient (Wildman–Crippen LogP) is 1.84. The highest BCUT2D eigenvalue weighted by molar-refractivity contribution is 5.80. The number of hydrogen-bond acceptors (Lipinski definition) is 3. The third-order valence-electron chi connectivity index (χ3n) is 3.82. The number of ether oxygens (including phenoxy) is 1. The van der Waals surface area contributed by atoms with Gasteiger partial charge in [0.15, 0.2) is 5.96 Å². The van der Waals surface area contributed by atoms with Gasteiger partial charge in [0.05, 0.1) is 19.2 Å². The number of guanidine groups is 1. The fourth-order valence-electron chi connectivity index (χ4n) is 2.53. The summed E-state index contributed by atoms with van der Waals surface area (Å²) in [6.45, 7) is 8.36. The van der Waals surface area contributed by atoms with Crippen LogP contribution in [-0.2, 0) is 4.79 Å². The van der Waals surface area contributed by atoms with E-state index in [1.165, 1.54) is 0 Å². The summed E-state index contributed by atoms with van der Waals surface area (Å²) in [7, 11) is 0. The molecule has 0 aliphatic carbocycles. The van der Waals surface area contributed by atoms with Crippen molar-refractivity contribution in [1.82, 2.24) is 16.0 Å². The summed E-state index contributed by atoms with van der Waals surface area (Å²) in [5.74, 6) is 1.75. The van der Waals surface area contributed by atoms with E-state index in [2.05, 4.69) is 27.0 Å². The lowest BCUT2D eigenvalue weighted by atomic mass is 10.0. The maximum atomic E-state index is 11.6. The summed E-state index contributed by atoms with van der Waals surface area (Å²) in [6.07, 6.45) is 0.894. The first-order chi connectivity index (χ1) is 11.6. The predicted molar refractivity (Wildman–Crippen MR) is 96.3 cm³/mol. The number of rotatable bonds is 6. The standard InChI is InChI=1S/C18H28N4O2/c1-4-19-18(21-11-10-20-17(23)13(2)3)22-15-9-12-24-16-8-6-5-7-14(15)16/h5-8,13,15H,4,9-12H2,1-3H3,(H,20,23)(H2,19,21,22). The molecule has 3 N–H and O–H groups in total. The number of amides is 1. The molecule has 1 aliphatic rings. The van der Waals surface area contributed by atoms with Crippen molar-refractivity contribution in [3.05, 3.63) is 29.8 Å². The van der Waals surface area contributed by atoms with Gasteiger partial charge in [0.2, 0.25) is 5.91 Å². The van der Waals surface area contributed by atoms with E-state index in [1.807, 2.05) is 39.0 Å². The minimum absolute atomic E-state index is 0.000850. The quantitative estimate of drug-likeness (QED) is 0.422. The highest BCUT2D eigenvalue weighted by Crippen LogP contribution is 2.31. The van der Waals surface area contributed by atoms with Crippen LogP contribution in [0.15, 0.2) is 29.3 Å². The molecule has 1 amide bonds. The zero-order valence-electron chi connectivity index (χ0n) is 14.8. The van der Waals surface area contributed by atoms with E-state index in [9.17, 15) is 4.79 Å². The summed E-state index contributed by atoms with van der Waals surface area (Å²) >= 11 is 0. The Morgan fingerprint density at radius 3 is 2.88 bits per heavy atom. The summed E-state index contributed by atoms with van der Waals surface area (Å²) < 4.78 is 5.69. The molecular formula is C18H28N4O2. The molecule has 1 aromatic rings. The van der Waals surface area contributed by atoms with Crippen LogP contribution in [0.5, 0.6) is 5.75 Å². The number of benzene rings is 1. The molecular weight excluding hydrogens is 304 g/mol. The maximum Gasteiger partial charge on any atom is 0.222 e. The van der Waals surface area contributed by atoms with E-state index in [4.69, 9.17) is 4.74 Å². The van der Waals surface area contributed by atoms with Crippen LogP contribution in [0.25, 0.3) is 0 Å². The molecule has 24 heavy (non-hydrogen) atoms. The molecule has 0 fully saturated rings. The first-order valence-electron chi connectivity index (χ1n) is 8.66. The van der Waals surface area contributed by atoms with E-state index in [-0.39, 0.29) is 17.9 Å². The second-order valence-electron chi connectivity index (χ2n) is 6.08. The molecule has 1 atom stereocenters. The first-order valence-corrected chi connectivity index (χ1v) is 8.66. The molecule has 0 radical (unpaired) electrons. The Balaban J connectivity index is 1.94. The number of carbonyl (C=O) groups excluding carboxylic acids is 1. The number of fused-ring (bicyclic) bond motifs is 1. The fourth-order valence-corrected chi connectivity index (χ4v) is 2.53. The molecule has 132 valence electrons. The minimum Gasteiger partial charge on any atom is -0.493 e. The minimum atomic E-state index is -0.000850. The Kier molecular flexibility index (Phi) is 6.90. The van der Waals surface area contributed by atoms with Crippen LogP contribution in [-0.4, -0.2) is 38.1 Å². The summed E-state index contributed by atoms with van der Waals surface area (Å²) in [5, 5.41) is 9.60. The van der Waals surface area contributed by atoms with E-state index >= 15 is 0 Å². The first kappa shape index (κ1) is 18.1. The lowest BCUT2D eigenvalue weighted by molar-refractivity contribution is -0.123. The molecule has 2 rings (SSSR count). The van der Waals surface area contributed by atoms with Crippen LogP contribution in [0.2, 0.25) is 0 Å². The molecule has 6 nitrogen and oxygen atoms in total. The van der Waals surface area contributed by atoms with Crippen molar-refractivity contribution in [3.63, 3.8) is 0 Å². The van der Waals surface area contributed by atoms with Gasteiger partial charge in [-0.15, -0.1) is 0 Å². The normalized spacial score (nSPS) is 17.0. The van der Waals surface area contributed by atoms with Gasteiger partial charge in [-0.2, -0.15) is 0 Å². The van der Waals surface area contributed by atoms with Crippen LogP contribution in [0.3, 0.4) is 0 Å².